The Morgan fingerprint density at radius 3 is 1.97 bits per heavy atom. The summed E-state index contributed by atoms with van der Waals surface area (Å²) in [7, 11) is -5.10. The Morgan fingerprint density at radius 1 is 0.759 bits per heavy atom. The van der Waals surface area contributed by atoms with Gasteiger partial charge in [-0.25, -0.2) is 0 Å². The summed E-state index contributed by atoms with van der Waals surface area (Å²) in [6, 6.07) is 11.8. The van der Waals surface area contributed by atoms with Crippen molar-refractivity contribution in [2.45, 2.75) is 4.75 Å². The summed E-state index contributed by atoms with van der Waals surface area (Å²) < 4.78 is 34.1. The van der Waals surface area contributed by atoms with Crippen LogP contribution in [-0.2, 0) is 14.9 Å². The molecule has 0 aliphatic rings. The highest BCUT2D eigenvalue weighted by Gasteiger charge is 2.52. The Morgan fingerprint density at radius 2 is 1.38 bits per heavy atom. The van der Waals surface area contributed by atoms with E-state index in [0.717, 1.165) is 12.1 Å². The highest BCUT2D eigenvalue weighted by molar-refractivity contribution is 7.87. The topological polar surface area (TPSA) is 94.8 Å². The minimum absolute atomic E-state index is 0.0193. The monoisotopic (exact) mass is 492 g/mol. The Bertz CT molecular complexity index is 1210. The second-order valence-electron chi connectivity index (χ2n) is 6.06. The lowest BCUT2D eigenvalue weighted by atomic mass is 9.83. The first-order chi connectivity index (χ1) is 13.5. The van der Waals surface area contributed by atoms with Gasteiger partial charge in [-0.1, -0.05) is 70.7 Å². The van der Waals surface area contributed by atoms with E-state index in [9.17, 15) is 23.2 Å². The summed E-state index contributed by atoms with van der Waals surface area (Å²) in [6.45, 7) is 0. The first kappa shape index (κ1) is 22.0. The molecule has 0 heterocycles. The number of benzene rings is 3. The van der Waals surface area contributed by atoms with Crippen molar-refractivity contribution in [3.8, 4) is 11.5 Å². The third-order valence-electron chi connectivity index (χ3n) is 4.42. The fourth-order valence-electron chi connectivity index (χ4n) is 3.19. The van der Waals surface area contributed by atoms with E-state index in [-0.39, 0.29) is 36.8 Å². The fourth-order valence-corrected chi connectivity index (χ4v) is 5.80. The van der Waals surface area contributed by atoms with Crippen LogP contribution in [0.15, 0.2) is 54.6 Å². The molecule has 3 aromatic rings. The zero-order valence-corrected chi connectivity index (χ0v) is 18.1. The first-order valence-corrected chi connectivity index (χ1v) is 10.9. The molecule has 0 aliphatic heterocycles. The summed E-state index contributed by atoms with van der Waals surface area (Å²) >= 11 is 25.2. The maximum absolute atomic E-state index is 13.0. The molecule has 1 atom stereocenters. The van der Waals surface area contributed by atoms with Gasteiger partial charge in [0.15, 0.2) is 16.2 Å². The van der Waals surface area contributed by atoms with Crippen LogP contribution in [0.1, 0.15) is 16.7 Å². The normalized spacial score (nSPS) is 13.8. The quantitative estimate of drug-likeness (QED) is 0.182. The maximum Gasteiger partial charge on any atom is 0.283 e. The average molecular weight is 494 g/mol. The van der Waals surface area contributed by atoms with Crippen molar-refractivity contribution >= 4 is 56.5 Å². The van der Waals surface area contributed by atoms with Gasteiger partial charge in [0.25, 0.3) is 10.1 Å². The van der Waals surface area contributed by atoms with Crippen LogP contribution in [0.2, 0.25) is 20.1 Å². The van der Waals surface area contributed by atoms with Crippen LogP contribution >= 0.6 is 46.4 Å². The Kier molecular flexibility index (Phi) is 5.98. The van der Waals surface area contributed by atoms with Crippen LogP contribution in [0.4, 0.5) is 0 Å². The molecule has 152 valence electrons. The van der Waals surface area contributed by atoms with E-state index < -0.39 is 26.4 Å². The largest absolute Gasteiger partial charge is 0.504 e. The van der Waals surface area contributed by atoms with E-state index in [2.05, 4.69) is 0 Å². The molecule has 0 fully saturated rings. The molecule has 5 nitrogen and oxygen atoms in total. The molecule has 0 bridgehead atoms. The third-order valence-corrected chi connectivity index (χ3v) is 7.30. The SMILES string of the molecule is O=S(=O)(O)C(c1ccc(O)c(O)c1)(c1ccccc1Cl)c1c(Cl)ccc(Cl)c1Cl. The third kappa shape index (κ3) is 3.54. The van der Waals surface area contributed by atoms with Gasteiger partial charge in [0, 0.05) is 21.2 Å². The van der Waals surface area contributed by atoms with E-state index in [1.54, 1.807) is 6.07 Å². The number of hydrogen-bond donors (Lipinski definition) is 3. The van der Waals surface area contributed by atoms with Crippen molar-refractivity contribution in [2.75, 3.05) is 0 Å². The van der Waals surface area contributed by atoms with Gasteiger partial charge in [-0.3, -0.25) is 4.55 Å². The predicted molar refractivity (Wildman–Crippen MR) is 114 cm³/mol. The number of halogens is 4. The lowest BCUT2D eigenvalue weighted by Gasteiger charge is -2.34. The van der Waals surface area contributed by atoms with Crippen molar-refractivity contribution < 1.29 is 23.2 Å². The van der Waals surface area contributed by atoms with Gasteiger partial charge in [-0.15, -0.1) is 0 Å². The molecule has 1 unspecified atom stereocenters. The molecule has 29 heavy (non-hydrogen) atoms. The Balaban J connectivity index is 2.66. The minimum atomic E-state index is -5.10. The summed E-state index contributed by atoms with van der Waals surface area (Å²) in [6.07, 6.45) is 0. The molecule has 3 aromatic carbocycles. The second-order valence-corrected chi connectivity index (χ2v) is 9.22. The highest BCUT2D eigenvalue weighted by atomic mass is 35.5. The van der Waals surface area contributed by atoms with Crippen LogP contribution < -0.4 is 0 Å². The van der Waals surface area contributed by atoms with Crippen molar-refractivity contribution in [1.82, 2.24) is 0 Å². The van der Waals surface area contributed by atoms with Gasteiger partial charge in [0.1, 0.15) is 0 Å². The molecular weight excluding hydrogens is 482 g/mol. The van der Waals surface area contributed by atoms with Gasteiger partial charge in [-0.2, -0.15) is 8.42 Å². The van der Waals surface area contributed by atoms with E-state index in [4.69, 9.17) is 46.4 Å². The summed E-state index contributed by atoms with van der Waals surface area (Å²) in [5.74, 6) is -1.13. The van der Waals surface area contributed by atoms with Crippen LogP contribution in [0.5, 0.6) is 11.5 Å². The lowest BCUT2D eigenvalue weighted by molar-refractivity contribution is 0.402. The Labute approximate surface area is 186 Å². The standard InChI is InChI=1S/C19H12Cl4O5S/c20-12-4-2-1-3-11(12)19(29(26,27)28,10-5-8-15(24)16(25)9-10)17-13(21)6-7-14(22)18(17)23/h1-9,24-25H,(H,26,27,28). The molecule has 3 rings (SSSR count). The molecule has 10 heteroatoms. The summed E-state index contributed by atoms with van der Waals surface area (Å²) in [4.78, 5) is 0. The number of rotatable bonds is 4. The molecule has 0 amide bonds. The zero-order chi connectivity index (χ0) is 21.6. The molecule has 0 spiro atoms. The first-order valence-electron chi connectivity index (χ1n) is 7.90. The van der Waals surface area contributed by atoms with Crippen LogP contribution in [0, 0.1) is 0 Å². The Hall–Kier alpha value is -1.67. The van der Waals surface area contributed by atoms with Gasteiger partial charge < -0.3 is 10.2 Å². The number of hydrogen-bond acceptors (Lipinski definition) is 4. The molecule has 3 N–H and O–H groups in total. The van der Waals surface area contributed by atoms with E-state index >= 15 is 0 Å². The molecule has 0 aliphatic carbocycles. The van der Waals surface area contributed by atoms with Crippen LogP contribution in [-0.4, -0.2) is 23.2 Å². The number of aromatic hydroxyl groups is 2. The average Bonchev–Trinajstić information content (AvgIpc) is 2.64. The van der Waals surface area contributed by atoms with Gasteiger partial charge in [-0.05, 0) is 35.9 Å². The highest BCUT2D eigenvalue weighted by Crippen LogP contribution is 2.52. The van der Waals surface area contributed by atoms with E-state index in [1.807, 2.05) is 0 Å². The summed E-state index contributed by atoms with van der Waals surface area (Å²) in [5, 5.41) is 19.3. The predicted octanol–water partition coefficient (Wildman–Crippen LogP) is 5.89. The van der Waals surface area contributed by atoms with E-state index in [1.165, 1.54) is 36.4 Å². The molecule has 0 saturated heterocycles. The smallest absolute Gasteiger partial charge is 0.283 e. The maximum atomic E-state index is 13.0. The van der Waals surface area contributed by atoms with Crippen molar-refractivity contribution in [3.63, 3.8) is 0 Å². The lowest BCUT2D eigenvalue weighted by Crippen LogP contribution is -2.39. The minimum Gasteiger partial charge on any atom is -0.504 e. The molecule has 0 saturated carbocycles. The van der Waals surface area contributed by atoms with Crippen molar-refractivity contribution in [2.24, 2.45) is 0 Å². The van der Waals surface area contributed by atoms with Gasteiger partial charge >= 0.3 is 0 Å². The fraction of sp³-hybridized carbons (Fsp3) is 0.0526. The van der Waals surface area contributed by atoms with Crippen molar-refractivity contribution in [3.05, 3.63) is 91.4 Å². The number of phenolic OH excluding ortho intramolecular Hbond substituents is 2. The van der Waals surface area contributed by atoms with Crippen molar-refractivity contribution in [1.29, 1.82) is 0 Å². The molecular formula is C19H12Cl4O5S. The van der Waals surface area contributed by atoms with Crippen LogP contribution in [0.25, 0.3) is 0 Å². The molecule has 0 aromatic heterocycles. The molecule has 0 radical (unpaired) electrons. The zero-order valence-electron chi connectivity index (χ0n) is 14.3. The van der Waals surface area contributed by atoms with Crippen LogP contribution in [0.3, 0.4) is 0 Å². The number of phenols is 2. The van der Waals surface area contributed by atoms with Gasteiger partial charge in [0.05, 0.1) is 10.0 Å². The van der Waals surface area contributed by atoms with E-state index in [0.29, 0.717) is 0 Å². The second kappa shape index (κ2) is 7.87. The summed E-state index contributed by atoms with van der Waals surface area (Å²) in [5.41, 5.74) is -0.510. The van der Waals surface area contributed by atoms with Gasteiger partial charge in [0.2, 0.25) is 0 Å².